The van der Waals surface area contributed by atoms with Gasteiger partial charge in [-0.25, -0.2) is 0 Å². The summed E-state index contributed by atoms with van der Waals surface area (Å²) in [7, 11) is 0. The zero-order valence-electron chi connectivity index (χ0n) is 8.98. The van der Waals surface area contributed by atoms with Crippen molar-refractivity contribution >= 4 is 0 Å². The number of alkyl halides is 12. The Morgan fingerprint density at radius 1 is 0.650 bits per heavy atom. The van der Waals surface area contributed by atoms with Gasteiger partial charge in [-0.05, 0) is 0 Å². The minimum absolute atomic E-state index is 0.867. The first-order valence-corrected chi connectivity index (χ1v) is 4.44. The SMILES string of the molecule is CC(F)(F)C(F)(F)N1C(F)(F)C(F)(F)C(F)(F)C1(F)F. The summed E-state index contributed by atoms with van der Waals surface area (Å²) in [6.45, 7) is -0.867. The van der Waals surface area contributed by atoms with Crippen molar-refractivity contribution < 1.29 is 52.7 Å². The van der Waals surface area contributed by atoms with Crippen LogP contribution in [0.4, 0.5) is 52.7 Å². The van der Waals surface area contributed by atoms with Crippen LogP contribution in [0.15, 0.2) is 0 Å². The van der Waals surface area contributed by atoms with Crippen LogP contribution < -0.4 is 0 Å². The number of hydrogen-bond acceptors (Lipinski definition) is 1. The third kappa shape index (κ3) is 1.58. The number of halogens is 12. The van der Waals surface area contributed by atoms with Crippen molar-refractivity contribution in [2.45, 2.75) is 42.8 Å². The molecule has 20 heavy (non-hydrogen) atoms. The van der Waals surface area contributed by atoms with Crippen molar-refractivity contribution in [1.29, 1.82) is 0 Å². The van der Waals surface area contributed by atoms with Crippen molar-refractivity contribution in [3.05, 3.63) is 0 Å². The van der Waals surface area contributed by atoms with Crippen LogP contribution >= 0.6 is 0 Å². The van der Waals surface area contributed by atoms with E-state index in [2.05, 4.69) is 0 Å². The lowest BCUT2D eigenvalue weighted by Crippen LogP contribution is -2.64. The largest absolute Gasteiger partial charge is 0.394 e. The van der Waals surface area contributed by atoms with Crippen LogP contribution in [0.5, 0.6) is 0 Å². The minimum Gasteiger partial charge on any atom is -0.199 e. The lowest BCUT2D eigenvalue weighted by Gasteiger charge is -2.37. The monoisotopic (exact) mass is 329 g/mol. The first-order valence-electron chi connectivity index (χ1n) is 4.44. The van der Waals surface area contributed by atoms with Crippen LogP contribution in [0.3, 0.4) is 0 Å². The quantitative estimate of drug-likeness (QED) is 0.547. The molecule has 0 spiro atoms. The lowest BCUT2D eigenvalue weighted by molar-refractivity contribution is -0.405. The van der Waals surface area contributed by atoms with Gasteiger partial charge in [0.05, 0.1) is 0 Å². The molecule has 0 atom stereocenters. The Balaban J connectivity index is 3.64. The average molecular weight is 329 g/mol. The molecule has 0 aromatic rings. The van der Waals surface area contributed by atoms with Crippen LogP contribution in [-0.4, -0.2) is 40.8 Å². The third-order valence-corrected chi connectivity index (χ3v) is 2.52. The fourth-order valence-electron chi connectivity index (χ4n) is 1.38. The van der Waals surface area contributed by atoms with Crippen LogP contribution in [0.2, 0.25) is 0 Å². The van der Waals surface area contributed by atoms with Crippen LogP contribution in [0, 0.1) is 0 Å². The van der Waals surface area contributed by atoms with Gasteiger partial charge in [0, 0.05) is 6.92 Å². The van der Waals surface area contributed by atoms with Gasteiger partial charge in [-0.15, -0.1) is 4.90 Å². The molecule has 1 rings (SSSR count). The van der Waals surface area contributed by atoms with E-state index in [9.17, 15) is 52.7 Å². The Kier molecular flexibility index (Phi) is 3.14. The van der Waals surface area contributed by atoms with Crippen LogP contribution in [-0.2, 0) is 0 Å². The molecule has 0 aromatic carbocycles. The second-order valence-electron chi connectivity index (χ2n) is 4.00. The topological polar surface area (TPSA) is 3.24 Å². The van der Waals surface area contributed by atoms with E-state index in [1.54, 1.807) is 0 Å². The summed E-state index contributed by atoms with van der Waals surface area (Å²) in [6, 6.07) is -20.5. The van der Waals surface area contributed by atoms with E-state index in [0.717, 1.165) is 0 Å². The highest BCUT2D eigenvalue weighted by Crippen LogP contribution is 2.66. The first kappa shape index (κ1) is 17.2. The Bertz CT molecular complexity index is 381. The van der Waals surface area contributed by atoms with Crippen molar-refractivity contribution in [3.63, 3.8) is 0 Å². The van der Waals surface area contributed by atoms with E-state index in [0.29, 0.717) is 0 Å². The summed E-state index contributed by atoms with van der Waals surface area (Å²) < 4.78 is 152. The molecule has 0 aliphatic carbocycles. The van der Waals surface area contributed by atoms with E-state index < -0.39 is 47.7 Å². The van der Waals surface area contributed by atoms with Gasteiger partial charge in [-0.3, -0.25) is 0 Å². The number of rotatable bonds is 2. The van der Waals surface area contributed by atoms with E-state index in [4.69, 9.17) is 0 Å². The maximum absolute atomic E-state index is 12.9. The summed E-state index contributed by atoms with van der Waals surface area (Å²) in [5.74, 6) is -19.7. The minimum atomic E-state index is -6.99. The number of nitrogens with zero attached hydrogens (tertiary/aromatic N) is 1. The Morgan fingerprint density at radius 3 is 1.10 bits per heavy atom. The predicted octanol–water partition coefficient (Wildman–Crippen LogP) is 4.01. The molecular weight excluding hydrogens is 326 g/mol. The molecule has 0 amide bonds. The molecule has 13 heteroatoms. The van der Waals surface area contributed by atoms with E-state index in [1.807, 2.05) is 0 Å². The van der Waals surface area contributed by atoms with Gasteiger partial charge in [0.15, 0.2) is 0 Å². The molecule has 120 valence electrons. The second-order valence-corrected chi connectivity index (χ2v) is 4.00. The Hall–Kier alpha value is -0.880. The van der Waals surface area contributed by atoms with Crippen LogP contribution in [0.1, 0.15) is 6.92 Å². The van der Waals surface area contributed by atoms with E-state index in [-0.39, 0.29) is 0 Å². The molecule has 1 nitrogen and oxygen atoms in total. The zero-order chi connectivity index (χ0) is 16.6. The maximum atomic E-state index is 12.9. The Morgan fingerprint density at radius 2 is 0.900 bits per heavy atom. The molecule has 1 heterocycles. The van der Waals surface area contributed by atoms with Gasteiger partial charge in [0.25, 0.3) is 0 Å². The van der Waals surface area contributed by atoms with Gasteiger partial charge in [-0.2, -0.15) is 52.7 Å². The van der Waals surface area contributed by atoms with Gasteiger partial charge >= 0.3 is 35.9 Å². The molecule has 0 saturated carbocycles. The average Bonchev–Trinajstić information content (AvgIpc) is 2.18. The Labute approximate surface area is 102 Å². The van der Waals surface area contributed by atoms with Gasteiger partial charge in [-0.1, -0.05) is 0 Å². The van der Waals surface area contributed by atoms with Crippen LogP contribution in [0.25, 0.3) is 0 Å². The van der Waals surface area contributed by atoms with Gasteiger partial charge in [0.1, 0.15) is 0 Å². The fraction of sp³-hybridized carbons (Fsp3) is 1.00. The molecular formula is C7H3F12N. The maximum Gasteiger partial charge on any atom is 0.394 e. The highest BCUT2D eigenvalue weighted by molar-refractivity contribution is 5.14. The predicted molar refractivity (Wildman–Crippen MR) is 37.2 cm³/mol. The molecule has 1 aliphatic heterocycles. The molecule has 1 aliphatic rings. The highest BCUT2D eigenvalue weighted by atomic mass is 19.4. The van der Waals surface area contributed by atoms with Gasteiger partial charge in [0.2, 0.25) is 0 Å². The molecule has 0 unspecified atom stereocenters. The summed E-state index contributed by atoms with van der Waals surface area (Å²) >= 11 is 0. The van der Waals surface area contributed by atoms with Crippen molar-refractivity contribution in [1.82, 2.24) is 4.90 Å². The standard InChI is InChI=1S/C7H3F12N/c1-2(8,9)5(14,15)20-6(16,17)3(10,11)4(12,13)7(20,18)19/h1H3. The van der Waals surface area contributed by atoms with Gasteiger partial charge < -0.3 is 0 Å². The molecule has 0 aromatic heterocycles. The summed E-state index contributed by atoms with van der Waals surface area (Å²) in [4.78, 5) is -3.44. The van der Waals surface area contributed by atoms with Crippen molar-refractivity contribution in [3.8, 4) is 0 Å². The smallest absolute Gasteiger partial charge is 0.199 e. The number of likely N-dealkylation sites (tertiary alicyclic amines) is 1. The highest BCUT2D eigenvalue weighted by Gasteiger charge is 2.97. The van der Waals surface area contributed by atoms with Crippen molar-refractivity contribution in [2.24, 2.45) is 0 Å². The van der Waals surface area contributed by atoms with E-state index >= 15 is 0 Å². The molecule has 1 fully saturated rings. The number of hydrogen-bond donors (Lipinski definition) is 0. The second kappa shape index (κ2) is 3.65. The lowest BCUT2D eigenvalue weighted by atomic mass is 10.2. The normalized spacial score (nSPS) is 28.6. The molecule has 0 N–H and O–H groups in total. The third-order valence-electron chi connectivity index (χ3n) is 2.52. The fourth-order valence-corrected chi connectivity index (χ4v) is 1.38. The molecule has 0 bridgehead atoms. The molecule has 1 saturated heterocycles. The van der Waals surface area contributed by atoms with E-state index in [1.165, 1.54) is 0 Å². The molecule has 0 radical (unpaired) electrons. The summed E-state index contributed by atoms with van der Waals surface area (Å²) in [5.41, 5.74) is 0. The first-order chi connectivity index (χ1) is 8.37. The summed E-state index contributed by atoms with van der Waals surface area (Å²) in [6.07, 6.45) is 0. The van der Waals surface area contributed by atoms with Crippen molar-refractivity contribution in [2.75, 3.05) is 0 Å². The summed E-state index contributed by atoms with van der Waals surface area (Å²) in [5, 5.41) is 0. The zero-order valence-corrected chi connectivity index (χ0v) is 8.98.